The maximum Gasteiger partial charge on any atom is 0.252 e. The summed E-state index contributed by atoms with van der Waals surface area (Å²) >= 11 is 11.6. The van der Waals surface area contributed by atoms with Crippen LogP contribution in [-0.4, -0.2) is 43.7 Å². The number of rotatable bonds is 5. The molecule has 0 aromatic heterocycles. The summed E-state index contributed by atoms with van der Waals surface area (Å²) < 4.78 is 18.7. The van der Waals surface area contributed by atoms with Crippen molar-refractivity contribution < 1.29 is 13.9 Å². The maximum absolute atomic E-state index is 13.2. The molecule has 27 heavy (non-hydrogen) atoms. The average Bonchev–Trinajstić information content (AvgIpc) is 2.90. The fraction of sp³-hybridized carbons (Fsp3) is 0.263. The number of methoxy groups -OCH3 is 1. The maximum atomic E-state index is 13.2. The van der Waals surface area contributed by atoms with E-state index in [-0.39, 0.29) is 12.5 Å². The van der Waals surface area contributed by atoms with E-state index in [4.69, 9.17) is 28.6 Å². The third-order valence-corrected chi connectivity index (χ3v) is 5.11. The Labute approximate surface area is 167 Å². The Morgan fingerprint density at radius 2 is 2.00 bits per heavy atom. The van der Waals surface area contributed by atoms with E-state index < -0.39 is 5.82 Å². The first-order valence-electron chi connectivity index (χ1n) is 8.23. The number of thiocarbonyl (C=S) groups is 1. The van der Waals surface area contributed by atoms with Crippen molar-refractivity contribution >= 4 is 46.2 Å². The smallest absolute Gasteiger partial charge is 0.252 e. The molecule has 8 heteroatoms. The van der Waals surface area contributed by atoms with Gasteiger partial charge in [-0.05, 0) is 42.0 Å². The molecule has 0 bridgehead atoms. The van der Waals surface area contributed by atoms with Crippen molar-refractivity contribution in [3.8, 4) is 5.75 Å². The van der Waals surface area contributed by atoms with E-state index in [0.717, 1.165) is 5.69 Å². The lowest BCUT2D eigenvalue weighted by Crippen LogP contribution is -2.32. The lowest BCUT2D eigenvalue weighted by Gasteiger charge is -2.23. The average molecular weight is 408 g/mol. The van der Waals surface area contributed by atoms with Crippen molar-refractivity contribution in [2.24, 2.45) is 0 Å². The van der Waals surface area contributed by atoms with E-state index >= 15 is 0 Å². The lowest BCUT2D eigenvalue weighted by atomic mass is 10.2. The van der Waals surface area contributed by atoms with Crippen molar-refractivity contribution in [2.45, 2.75) is 6.54 Å². The number of amides is 1. The molecule has 1 aliphatic rings. The standard InChI is InChI=1S/C19H19ClFN3O2S/c1-22(2)16-7-6-14(9-17(16)26-3)24-18(25)11-23(19(24)27)10-12-4-5-13(21)8-15(12)20/h4-9H,10-11H2,1-3H3. The molecule has 142 valence electrons. The summed E-state index contributed by atoms with van der Waals surface area (Å²) in [5.74, 6) is 0.101. The van der Waals surface area contributed by atoms with Crippen LogP contribution in [0.4, 0.5) is 15.8 Å². The normalized spacial score (nSPS) is 14.1. The molecule has 0 spiro atoms. The summed E-state index contributed by atoms with van der Waals surface area (Å²) in [5, 5.41) is 0.681. The molecule has 0 atom stereocenters. The molecule has 0 saturated carbocycles. The van der Waals surface area contributed by atoms with E-state index in [9.17, 15) is 9.18 Å². The molecule has 0 aliphatic carbocycles. The Kier molecular flexibility index (Phi) is 5.53. The van der Waals surface area contributed by atoms with Gasteiger partial charge in [0.25, 0.3) is 5.91 Å². The monoisotopic (exact) mass is 407 g/mol. The molecule has 3 rings (SSSR count). The van der Waals surface area contributed by atoms with Crippen LogP contribution in [0.1, 0.15) is 5.56 Å². The number of nitrogens with zero attached hydrogens (tertiary/aromatic N) is 3. The predicted molar refractivity (Wildman–Crippen MR) is 109 cm³/mol. The molecule has 0 unspecified atom stereocenters. The van der Waals surface area contributed by atoms with Crippen LogP contribution >= 0.6 is 23.8 Å². The summed E-state index contributed by atoms with van der Waals surface area (Å²) in [5.41, 5.74) is 2.24. The van der Waals surface area contributed by atoms with Gasteiger partial charge in [-0.1, -0.05) is 17.7 Å². The van der Waals surface area contributed by atoms with Gasteiger partial charge in [0, 0.05) is 31.7 Å². The highest BCUT2D eigenvalue weighted by Crippen LogP contribution is 2.33. The van der Waals surface area contributed by atoms with Crippen molar-refractivity contribution in [3.63, 3.8) is 0 Å². The van der Waals surface area contributed by atoms with Gasteiger partial charge in [-0.25, -0.2) is 4.39 Å². The highest BCUT2D eigenvalue weighted by Gasteiger charge is 2.34. The van der Waals surface area contributed by atoms with Crippen molar-refractivity contribution in [2.75, 3.05) is 37.5 Å². The molecule has 2 aromatic rings. The number of carbonyl (C=O) groups is 1. The molecule has 1 amide bonds. The van der Waals surface area contributed by atoms with Gasteiger partial charge < -0.3 is 14.5 Å². The van der Waals surface area contributed by atoms with Gasteiger partial charge in [0.1, 0.15) is 18.1 Å². The second-order valence-electron chi connectivity index (χ2n) is 6.35. The second kappa shape index (κ2) is 7.70. The Bertz CT molecular complexity index is 907. The van der Waals surface area contributed by atoms with E-state index in [2.05, 4.69) is 0 Å². The van der Waals surface area contributed by atoms with Crippen molar-refractivity contribution in [1.29, 1.82) is 0 Å². The fourth-order valence-corrected chi connectivity index (χ4v) is 3.52. The molecule has 0 N–H and O–H groups in total. The van der Waals surface area contributed by atoms with E-state index in [1.54, 1.807) is 24.1 Å². The lowest BCUT2D eigenvalue weighted by molar-refractivity contribution is -0.116. The Morgan fingerprint density at radius 3 is 2.63 bits per heavy atom. The molecular formula is C19H19ClFN3O2S. The predicted octanol–water partition coefficient (Wildman–Crippen LogP) is 3.69. The zero-order valence-electron chi connectivity index (χ0n) is 15.2. The van der Waals surface area contributed by atoms with Gasteiger partial charge >= 0.3 is 0 Å². The first-order valence-corrected chi connectivity index (χ1v) is 9.01. The van der Waals surface area contributed by atoms with Crippen LogP contribution in [0.25, 0.3) is 0 Å². The summed E-state index contributed by atoms with van der Waals surface area (Å²) in [6.07, 6.45) is 0. The molecule has 1 heterocycles. The SMILES string of the molecule is COc1cc(N2C(=O)CN(Cc3ccc(F)cc3Cl)C2=S)ccc1N(C)C. The molecule has 2 aromatic carbocycles. The van der Waals surface area contributed by atoms with E-state index in [0.29, 0.717) is 33.7 Å². The third-order valence-electron chi connectivity index (χ3n) is 4.32. The molecule has 1 fully saturated rings. The minimum atomic E-state index is -0.404. The first-order chi connectivity index (χ1) is 12.8. The number of ether oxygens (including phenoxy) is 1. The van der Waals surface area contributed by atoms with Gasteiger partial charge in [-0.2, -0.15) is 0 Å². The minimum Gasteiger partial charge on any atom is -0.495 e. The molecule has 0 radical (unpaired) electrons. The minimum absolute atomic E-state index is 0.129. The Balaban J connectivity index is 1.86. The van der Waals surface area contributed by atoms with Crippen LogP contribution < -0.4 is 14.5 Å². The zero-order valence-corrected chi connectivity index (χ0v) is 16.8. The number of hydrogen-bond acceptors (Lipinski definition) is 4. The number of halogens is 2. The summed E-state index contributed by atoms with van der Waals surface area (Å²) in [6, 6.07) is 9.68. The molecule has 5 nitrogen and oxygen atoms in total. The van der Waals surface area contributed by atoms with Crippen LogP contribution in [0.5, 0.6) is 5.75 Å². The van der Waals surface area contributed by atoms with Crippen LogP contribution in [0, 0.1) is 5.82 Å². The number of benzene rings is 2. The number of hydrogen-bond donors (Lipinski definition) is 0. The van der Waals surface area contributed by atoms with E-state index in [1.165, 1.54) is 17.0 Å². The number of carbonyl (C=O) groups excluding carboxylic acids is 1. The zero-order chi connectivity index (χ0) is 19.7. The summed E-state index contributed by atoms with van der Waals surface area (Å²) in [7, 11) is 5.41. The summed E-state index contributed by atoms with van der Waals surface area (Å²) in [4.78, 5) is 17.7. The highest BCUT2D eigenvalue weighted by molar-refractivity contribution is 7.80. The Hall–Kier alpha value is -2.38. The van der Waals surface area contributed by atoms with E-state index in [1.807, 2.05) is 31.1 Å². The number of anilines is 2. The van der Waals surface area contributed by atoms with Crippen LogP contribution in [0.2, 0.25) is 5.02 Å². The third kappa shape index (κ3) is 3.84. The topological polar surface area (TPSA) is 36.0 Å². The second-order valence-corrected chi connectivity index (χ2v) is 7.13. The van der Waals surface area contributed by atoms with Gasteiger partial charge in [-0.15, -0.1) is 0 Å². The van der Waals surface area contributed by atoms with Gasteiger partial charge in [0.05, 0.1) is 18.5 Å². The Morgan fingerprint density at radius 1 is 1.26 bits per heavy atom. The van der Waals surface area contributed by atoms with Crippen LogP contribution in [0.3, 0.4) is 0 Å². The quantitative estimate of drug-likeness (QED) is 0.706. The fourth-order valence-electron chi connectivity index (χ4n) is 2.96. The van der Waals surface area contributed by atoms with Crippen LogP contribution in [0.15, 0.2) is 36.4 Å². The molecular weight excluding hydrogens is 389 g/mol. The molecule has 1 saturated heterocycles. The molecule has 1 aliphatic heterocycles. The van der Waals surface area contributed by atoms with Gasteiger partial charge in [0.15, 0.2) is 5.11 Å². The summed E-state index contributed by atoms with van der Waals surface area (Å²) in [6.45, 7) is 0.456. The van der Waals surface area contributed by atoms with Gasteiger partial charge in [-0.3, -0.25) is 9.69 Å². The van der Waals surface area contributed by atoms with Crippen molar-refractivity contribution in [3.05, 3.63) is 52.8 Å². The largest absolute Gasteiger partial charge is 0.495 e. The van der Waals surface area contributed by atoms with Gasteiger partial charge in [0.2, 0.25) is 0 Å². The first kappa shape index (κ1) is 19.4. The van der Waals surface area contributed by atoms with Crippen molar-refractivity contribution in [1.82, 2.24) is 4.90 Å². The highest BCUT2D eigenvalue weighted by atomic mass is 35.5. The van der Waals surface area contributed by atoms with Crippen LogP contribution in [-0.2, 0) is 11.3 Å².